The molecule has 0 fully saturated rings. The Morgan fingerprint density at radius 3 is 2.28 bits per heavy atom. The van der Waals surface area contributed by atoms with Gasteiger partial charge in [0.1, 0.15) is 0 Å². The lowest BCUT2D eigenvalue weighted by Gasteiger charge is -2.16. The van der Waals surface area contributed by atoms with Crippen LogP contribution in [0.5, 0.6) is 0 Å². The van der Waals surface area contributed by atoms with E-state index in [0.29, 0.717) is 16.0 Å². The molecule has 3 aromatic heterocycles. The highest BCUT2D eigenvalue weighted by Gasteiger charge is 2.20. The van der Waals surface area contributed by atoms with Crippen LogP contribution in [0.1, 0.15) is 31.3 Å². The predicted molar refractivity (Wildman–Crippen MR) is 147 cm³/mol. The minimum atomic E-state index is -0.310. The normalized spacial score (nSPS) is 12.0. The third kappa shape index (κ3) is 5.12. The van der Waals surface area contributed by atoms with E-state index >= 15 is 0 Å². The van der Waals surface area contributed by atoms with Crippen molar-refractivity contribution in [2.75, 3.05) is 0 Å². The Hall–Kier alpha value is -3.69. The Labute approximate surface area is 217 Å². The number of aromatic amines is 1. The summed E-state index contributed by atoms with van der Waals surface area (Å²) in [5, 5.41) is 15.0. The number of hydrogen-bond donors (Lipinski definition) is 1. The number of nitrogens with zero attached hydrogens (tertiary/aromatic N) is 5. The number of aromatic nitrogens is 4. The fourth-order valence-corrected chi connectivity index (χ4v) is 5.32. The van der Waals surface area contributed by atoms with Gasteiger partial charge in [-0.1, -0.05) is 92.8 Å². The molecule has 0 spiro atoms. The van der Waals surface area contributed by atoms with Crippen molar-refractivity contribution in [3.8, 4) is 27.6 Å². The molecule has 5 rings (SSSR count). The van der Waals surface area contributed by atoms with E-state index in [2.05, 4.69) is 41.1 Å². The number of hydrogen-bond acceptors (Lipinski definition) is 7. The monoisotopic (exact) mass is 514 g/mol. The number of azo groups is 1. The number of rotatable bonds is 6. The van der Waals surface area contributed by atoms with Crippen LogP contribution in [0.3, 0.4) is 0 Å². The van der Waals surface area contributed by atoms with Crippen LogP contribution in [0.15, 0.2) is 81.1 Å². The lowest BCUT2D eigenvalue weighted by molar-refractivity contribution is 0.406. The van der Waals surface area contributed by atoms with Gasteiger partial charge in [0.15, 0.2) is 5.69 Å². The average Bonchev–Trinajstić information content (AvgIpc) is 3.56. The van der Waals surface area contributed by atoms with Crippen LogP contribution >= 0.6 is 22.7 Å². The van der Waals surface area contributed by atoms with Gasteiger partial charge in [-0.25, -0.2) is 9.97 Å². The van der Waals surface area contributed by atoms with E-state index in [4.69, 9.17) is 4.98 Å². The number of thiazole rings is 2. The van der Waals surface area contributed by atoms with Crippen molar-refractivity contribution >= 4 is 33.5 Å². The summed E-state index contributed by atoms with van der Waals surface area (Å²) in [4.78, 5) is 24.0. The quantitative estimate of drug-likeness (QED) is 0.235. The van der Waals surface area contributed by atoms with Crippen molar-refractivity contribution in [3.63, 3.8) is 0 Å². The number of H-pyrrole nitrogens is 1. The summed E-state index contributed by atoms with van der Waals surface area (Å²) in [7, 11) is 0. The van der Waals surface area contributed by atoms with E-state index in [1.165, 1.54) is 27.4 Å². The fraction of sp³-hybridized carbons (Fsp3) is 0.222. The summed E-state index contributed by atoms with van der Waals surface area (Å²) >= 11 is 2.88. The molecule has 0 radical (unpaired) electrons. The van der Waals surface area contributed by atoms with Gasteiger partial charge in [-0.15, -0.1) is 21.6 Å². The molecule has 0 unspecified atom stereocenters. The molecule has 0 atom stereocenters. The molecule has 0 aliphatic heterocycles. The summed E-state index contributed by atoms with van der Waals surface area (Å²) in [6.45, 7) is 8.60. The van der Waals surface area contributed by atoms with E-state index in [0.717, 1.165) is 33.8 Å². The highest BCUT2D eigenvalue weighted by atomic mass is 32.1. The Balaban J connectivity index is 1.55. The van der Waals surface area contributed by atoms with Crippen LogP contribution in [0, 0.1) is 12.3 Å². The van der Waals surface area contributed by atoms with Gasteiger partial charge in [0.25, 0.3) is 0 Å². The molecule has 9 heteroatoms. The van der Waals surface area contributed by atoms with Crippen LogP contribution in [0.25, 0.3) is 27.6 Å². The fourth-order valence-electron chi connectivity index (χ4n) is 3.79. The number of benzene rings is 2. The lowest BCUT2D eigenvalue weighted by Crippen LogP contribution is -2.13. The summed E-state index contributed by atoms with van der Waals surface area (Å²) < 4.78 is 1.44. The lowest BCUT2D eigenvalue weighted by atomic mass is 9.90. The third-order valence-corrected chi connectivity index (χ3v) is 7.22. The molecule has 0 amide bonds. The van der Waals surface area contributed by atoms with Crippen molar-refractivity contribution in [2.24, 2.45) is 15.6 Å². The van der Waals surface area contributed by atoms with E-state index in [9.17, 15) is 4.79 Å². The van der Waals surface area contributed by atoms with E-state index in [1.54, 1.807) is 0 Å². The van der Waals surface area contributed by atoms with Gasteiger partial charge in [0.2, 0.25) is 10.3 Å². The number of nitrogens with one attached hydrogen (secondary N) is 1. The maximum atomic E-state index is 13.5. The van der Waals surface area contributed by atoms with Gasteiger partial charge in [0, 0.05) is 21.4 Å². The highest BCUT2D eigenvalue weighted by molar-refractivity contribution is 7.15. The molecule has 0 aliphatic carbocycles. The highest BCUT2D eigenvalue weighted by Crippen LogP contribution is 2.33. The summed E-state index contributed by atoms with van der Waals surface area (Å²) in [6, 6.07) is 19.5. The molecular weight excluding hydrogens is 488 g/mol. The smallest absolute Gasteiger partial charge is 0.286 e. The zero-order chi connectivity index (χ0) is 25.3. The van der Waals surface area contributed by atoms with Crippen LogP contribution in [-0.2, 0) is 6.42 Å². The average molecular weight is 515 g/mol. The van der Waals surface area contributed by atoms with E-state index in [1.807, 2.05) is 73.0 Å². The summed E-state index contributed by atoms with van der Waals surface area (Å²) in [5.74, 6) is 0. The van der Waals surface area contributed by atoms with E-state index in [-0.39, 0.29) is 16.7 Å². The Morgan fingerprint density at radius 2 is 1.61 bits per heavy atom. The van der Waals surface area contributed by atoms with Crippen LogP contribution < -0.4 is 5.56 Å². The molecule has 1 N–H and O–H groups in total. The van der Waals surface area contributed by atoms with Gasteiger partial charge in [-0.2, -0.15) is 4.68 Å². The molecule has 7 nitrogen and oxygen atoms in total. The van der Waals surface area contributed by atoms with Gasteiger partial charge in [-0.3, -0.25) is 9.89 Å². The molecule has 182 valence electrons. The SMILES string of the molecule is Cc1sc(N=Nc2c(-c3ccccc3)[nH]n(-c3nc(-c4ccccc4)cs3)c2=O)nc1CC(C)(C)C. The maximum absolute atomic E-state index is 13.5. The molecule has 0 saturated heterocycles. The van der Waals surface area contributed by atoms with Crippen molar-refractivity contribution in [3.05, 3.63) is 87.0 Å². The second-order valence-corrected chi connectivity index (χ2v) is 11.7. The number of aryl methyl sites for hydroxylation is 1. The first kappa shape index (κ1) is 24.0. The molecule has 0 saturated carbocycles. The van der Waals surface area contributed by atoms with Gasteiger partial charge in [-0.05, 0) is 18.8 Å². The van der Waals surface area contributed by atoms with Crippen molar-refractivity contribution < 1.29 is 0 Å². The molecular formula is C27H26N6OS2. The zero-order valence-electron chi connectivity index (χ0n) is 20.5. The molecule has 5 aromatic rings. The van der Waals surface area contributed by atoms with Crippen molar-refractivity contribution in [2.45, 2.75) is 34.1 Å². The van der Waals surface area contributed by atoms with Crippen molar-refractivity contribution in [1.29, 1.82) is 0 Å². The van der Waals surface area contributed by atoms with Crippen LogP contribution in [0.4, 0.5) is 10.8 Å². The zero-order valence-corrected chi connectivity index (χ0v) is 22.2. The molecule has 2 aromatic carbocycles. The van der Waals surface area contributed by atoms with Crippen LogP contribution in [-0.4, -0.2) is 19.7 Å². The molecule has 36 heavy (non-hydrogen) atoms. The minimum Gasteiger partial charge on any atom is -0.286 e. The Bertz CT molecular complexity index is 1570. The van der Waals surface area contributed by atoms with Gasteiger partial charge >= 0.3 is 5.56 Å². The standard InChI is InChI=1S/C27H26N6OS2/c1-17-20(15-27(2,3)4)28-25(36-17)31-30-23-22(19-13-9-6-10-14-19)32-33(24(23)34)26-29-21(16-35-26)18-11-7-5-8-12-18/h5-14,16,32H,15H2,1-4H3. The molecule has 0 aliphatic rings. The largest absolute Gasteiger partial charge is 0.301 e. The summed E-state index contributed by atoms with van der Waals surface area (Å²) in [5.41, 5.74) is 4.29. The van der Waals surface area contributed by atoms with Crippen molar-refractivity contribution in [1.82, 2.24) is 19.7 Å². The second kappa shape index (κ2) is 9.75. The Kier molecular flexibility index (Phi) is 6.51. The third-order valence-electron chi connectivity index (χ3n) is 5.50. The van der Waals surface area contributed by atoms with E-state index < -0.39 is 0 Å². The second-order valence-electron chi connectivity index (χ2n) is 9.66. The first-order valence-electron chi connectivity index (χ1n) is 11.6. The van der Waals surface area contributed by atoms with Gasteiger partial charge in [0.05, 0.1) is 17.1 Å². The minimum absolute atomic E-state index is 0.119. The molecule has 0 bridgehead atoms. The first-order chi connectivity index (χ1) is 17.3. The van der Waals surface area contributed by atoms with Crippen LogP contribution in [0.2, 0.25) is 0 Å². The summed E-state index contributed by atoms with van der Waals surface area (Å²) in [6.07, 6.45) is 0.852. The van der Waals surface area contributed by atoms with Gasteiger partial charge < -0.3 is 0 Å². The molecule has 3 heterocycles. The first-order valence-corrected chi connectivity index (χ1v) is 13.3. The predicted octanol–water partition coefficient (Wildman–Crippen LogP) is 7.73. The maximum Gasteiger partial charge on any atom is 0.301 e. The Morgan fingerprint density at radius 1 is 0.944 bits per heavy atom. The topological polar surface area (TPSA) is 88.3 Å².